The molecule has 7 heteroatoms. The minimum atomic E-state index is -0.559. The largest absolute Gasteiger partial charge is 0.427 e. The average molecular weight is 364 g/mol. The predicted octanol–water partition coefficient (Wildman–Crippen LogP) is 2.73. The van der Waals surface area contributed by atoms with Gasteiger partial charge in [0.1, 0.15) is 24.0 Å². The molecule has 1 aromatic carbocycles. The normalized spacial score (nSPS) is 14.0. The van der Waals surface area contributed by atoms with Crippen molar-refractivity contribution in [1.29, 1.82) is 0 Å². The van der Waals surface area contributed by atoms with Crippen LogP contribution >= 0.6 is 0 Å². The molecule has 1 aliphatic carbocycles. The van der Waals surface area contributed by atoms with E-state index in [1.165, 1.54) is 6.33 Å². The lowest BCUT2D eigenvalue weighted by Crippen LogP contribution is -2.29. The van der Waals surface area contributed by atoms with E-state index in [0.717, 1.165) is 30.5 Å². The van der Waals surface area contributed by atoms with Crippen LogP contribution in [-0.4, -0.2) is 20.7 Å². The van der Waals surface area contributed by atoms with Gasteiger partial charge in [0.25, 0.3) is 5.91 Å². The first-order valence-electron chi connectivity index (χ1n) is 8.98. The van der Waals surface area contributed by atoms with Crippen LogP contribution < -0.4 is 10.9 Å². The first-order valence-corrected chi connectivity index (χ1v) is 8.98. The maximum Gasteiger partial charge on any atom is 0.349 e. The van der Waals surface area contributed by atoms with E-state index in [9.17, 15) is 9.59 Å². The fourth-order valence-corrected chi connectivity index (χ4v) is 3.18. The highest BCUT2D eigenvalue weighted by atomic mass is 16.4. The van der Waals surface area contributed by atoms with E-state index in [-0.39, 0.29) is 5.56 Å². The minimum absolute atomic E-state index is 0.0808. The van der Waals surface area contributed by atoms with Crippen molar-refractivity contribution in [1.82, 2.24) is 20.1 Å². The van der Waals surface area contributed by atoms with E-state index in [1.807, 2.05) is 30.3 Å². The van der Waals surface area contributed by atoms with E-state index in [0.29, 0.717) is 23.8 Å². The summed E-state index contributed by atoms with van der Waals surface area (Å²) in [5.41, 5.74) is 1.98. The van der Waals surface area contributed by atoms with Crippen LogP contribution in [0.3, 0.4) is 0 Å². The van der Waals surface area contributed by atoms with Crippen molar-refractivity contribution in [3.63, 3.8) is 0 Å². The second-order valence-electron chi connectivity index (χ2n) is 6.81. The summed E-state index contributed by atoms with van der Waals surface area (Å²) < 4.78 is 7.04. The Balaban J connectivity index is 1.44. The topological polar surface area (TPSA) is 90.0 Å². The van der Waals surface area contributed by atoms with E-state index >= 15 is 0 Å². The van der Waals surface area contributed by atoms with Crippen LogP contribution in [0.5, 0.6) is 0 Å². The molecular weight excluding hydrogens is 344 g/mol. The molecule has 1 aliphatic rings. The van der Waals surface area contributed by atoms with Gasteiger partial charge in [0.15, 0.2) is 0 Å². The summed E-state index contributed by atoms with van der Waals surface area (Å²) in [6.07, 6.45) is 6.33. The Hall–Kier alpha value is -3.22. The fourth-order valence-electron chi connectivity index (χ4n) is 3.18. The van der Waals surface area contributed by atoms with Gasteiger partial charge in [-0.05, 0) is 49.1 Å². The standard InChI is InChI=1S/C20H20N4O3/c1-13-9-17(15-3-2-4-15)27-20(26)18(13)19(25)22-10-14-5-7-16(8-6-14)24-12-21-11-23-24/h5-9,11-12,15H,2-4,10H2,1H3,(H,22,25). The van der Waals surface area contributed by atoms with Crippen molar-refractivity contribution < 1.29 is 9.21 Å². The Morgan fingerprint density at radius 3 is 2.67 bits per heavy atom. The highest BCUT2D eigenvalue weighted by molar-refractivity contribution is 5.95. The molecule has 3 aromatic rings. The van der Waals surface area contributed by atoms with E-state index in [4.69, 9.17) is 4.42 Å². The van der Waals surface area contributed by atoms with Gasteiger partial charge in [0, 0.05) is 12.5 Å². The summed E-state index contributed by atoms with van der Waals surface area (Å²) in [7, 11) is 0. The van der Waals surface area contributed by atoms with Gasteiger partial charge in [-0.2, -0.15) is 5.10 Å². The molecule has 7 nitrogen and oxygen atoms in total. The number of benzene rings is 1. The molecule has 2 aromatic heterocycles. The van der Waals surface area contributed by atoms with Crippen LogP contribution in [0, 0.1) is 6.92 Å². The fraction of sp³-hybridized carbons (Fsp3) is 0.300. The molecule has 1 amide bonds. The second-order valence-corrected chi connectivity index (χ2v) is 6.81. The summed E-state index contributed by atoms with van der Waals surface area (Å²) in [5, 5.41) is 6.86. The van der Waals surface area contributed by atoms with Crippen molar-refractivity contribution in [2.45, 2.75) is 38.6 Å². The zero-order valence-electron chi connectivity index (χ0n) is 15.0. The molecule has 2 heterocycles. The lowest BCUT2D eigenvalue weighted by atomic mass is 9.83. The third kappa shape index (κ3) is 3.53. The maximum atomic E-state index is 12.5. The number of hydrogen-bond acceptors (Lipinski definition) is 5. The number of carbonyl (C=O) groups excluding carboxylic acids is 1. The van der Waals surface area contributed by atoms with Gasteiger partial charge in [0.05, 0.1) is 5.69 Å². The molecule has 1 N–H and O–H groups in total. The molecule has 0 aliphatic heterocycles. The molecule has 27 heavy (non-hydrogen) atoms. The molecule has 138 valence electrons. The lowest BCUT2D eigenvalue weighted by Gasteiger charge is -2.24. The zero-order chi connectivity index (χ0) is 18.8. The van der Waals surface area contributed by atoms with Gasteiger partial charge in [-0.1, -0.05) is 18.6 Å². The third-order valence-corrected chi connectivity index (χ3v) is 4.98. The minimum Gasteiger partial charge on any atom is -0.427 e. The number of carbonyl (C=O) groups is 1. The van der Waals surface area contributed by atoms with Gasteiger partial charge in [-0.15, -0.1) is 0 Å². The van der Waals surface area contributed by atoms with Crippen LogP contribution in [0.4, 0.5) is 0 Å². The average Bonchev–Trinajstić information content (AvgIpc) is 3.13. The summed E-state index contributed by atoms with van der Waals surface area (Å²) in [5.74, 6) is 0.600. The van der Waals surface area contributed by atoms with Crippen molar-refractivity contribution in [2.24, 2.45) is 0 Å². The number of aryl methyl sites for hydroxylation is 1. The summed E-state index contributed by atoms with van der Waals surface area (Å²) in [4.78, 5) is 28.7. The number of hydrogen-bond donors (Lipinski definition) is 1. The van der Waals surface area contributed by atoms with Crippen LogP contribution in [0.25, 0.3) is 5.69 Å². The van der Waals surface area contributed by atoms with Crippen molar-refractivity contribution in [2.75, 3.05) is 0 Å². The van der Waals surface area contributed by atoms with Crippen molar-refractivity contribution >= 4 is 5.91 Å². The molecule has 0 radical (unpaired) electrons. The number of nitrogens with zero attached hydrogens (tertiary/aromatic N) is 3. The second kappa shape index (κ2) is 7.19. The van der Waals surface area contributed by atoms with E-state index < -0.39 is 11.5 Å². The first kappa shape index (κ1) is 17.2. The van der Waals surface area contributed by atoms with Crippen LogP contribution in [0.2, 0.25) is 0 Å². The van der Waals surface area contributed by atoms with E-state index in [2.05, 4.69) is 15.4 Å². The SMILES string of the molecule is Cc1cc(C2CCC2)oc(=O)c1C(=O)NCc1ccc(-n2cncn2)cc1. The number of nitrogens with one attached hydrogen (secondary N) is 1. The predicted molar refractivity (Wildman–Crippen MR) is 98.8 cm³/mol. The maximum absolute atomic E-state index is 12.5. The molecule has 0 unspecified atom stereocenters. The Kier molecular flexibility index (Phi) is 4.58. The van der Waals surface area contributed by atoms with E-state index in [1.54, 1.807) is 17.9 Å². The Morgan fingerprint density at radius 2 is 2.07 bits per heavy atom. The molecule has 0 bridgehead atoms. The Labute approximate surface area is 156 Å². The molecule has 1 fully saturated rings. The van der Waals surface area contributed by atoms with Gasteiger partial charge < -0.3 is 9.73 Å². The Bertz CT molecular complexity index is 1000. The number of rotatable bonds is 5. The monoisotopic (exact) mass is 364 g/mol. The first-order chi connectivity index (χ1) is 13.1. The molecular formula is C20H20N4O3. The van der Waals surface area contributed by atoms with Gasteiger partial charge >= 0.3 is 5.63 Å². The molecule has 0 atom stereocenters. The molecule has 4 rings (SSSR count). The zero-order valence-corrected chi connectivity index (χ0v) is 15.0. The molecule has 1 saturated carbocycles. The highest BCUT2D eigenvalue weighted by Crippen LogP contribution is 2.36. The van der Waals surface area contributed by atoms with Crippen molar-refractivity contribution in [3.8, 4) is 5.69 Å². The smallest absolute Gasteiger partial charge is 0.349 e. The van der Waals surface area contributed by atoms with Crippen LogP contribution in [0.1, 0.15) is 52.4 Å². The van der Waals surface area contributed by atoms with Crippen LogP contribution in [-0.2, 0) is 6.54 Å². The third-order valence-electron chi connectivity index (χ3n) is 4.98. The van der Waals surface area contributed by atoms with Gasteiger partial charge in [0.2, 0.25) is 0 Å². The number of aromatic nitrogens is 3. The lowest BCUT2D eigenvalue weighted by molar-refractivity contribution is 0.0945. The van der Waals surface area contributed by atoms with Gasteiger partial charge in [-0.3, -0.25) is 4.79 Å². The Morgan fingerprint density at radius 1 is 1.30 bits per heavy atom. The molecule has 0 saturated heterocycles. The van der Waals surface area contributed by atoms with Crippen molar-refractivity contribution in [3.05, 3.63) is 75.9 Å². The quantitative estimate of drug-likeness (QED) is 0.752. The summed E-state index contributed by atoms with van der Waals surface area (Å²) in [6, 6.07) is 9.40. The van der Waals surface area contributed by atoms with Gasteiger partial charge in [-0.25, -0.2) is 14.5 Å². The summed E-state index contributed by atoms with van der Waals surface area (Å²) in [6.45, 7) is 2.10. The molecule has 0 spiro atoms. The van der Waals surface area contributed by atoms with Crippen LogP contribution in [0.15, 0.2) is 52.2 Å². The summed E-state index contributed by atoms with van der Waals surface area (Å²) >= 11 is 0. The number of amides is 1. The highest BCUT2D eigenvalue weighted by Gasteiger charge is 2.25.